The first-order valence-electron chi connectivity index (χ1n) is 11.5. The van der Waals surface area contributed by atoms with E-state index < -0.39 is 6.04 Å². The van der Waals surface area contributed by atoms with Crippen molar-refractivity contribution in [2.24, 2.45) is 0 Å². The minimum Gasteiger partial charge on any atom is -0.352 e. The van der Waals surface area contributed by atoms with Crippen molar-refractivity contribution >= 4 is 46.8 Å². The largest absolute Gasteiger partial charge is 0.352 e. The molecule has 0 bridgehead atoms. The van der Waals surface area contributed by atoms with Gasteiger partial charge in [0.05, 0.1) is 5.75 Å². The Kier molecular flexibility index (Phi) is 10.5. The second kappa shape index (κ2) is 13.6. The zero-order chi connectivity index (χ0) is 25.2. The lowest BCUT2D eigenvalue weighted by Crippen LogP contribution is -2.52. The van der Waals surface area contributed by atoms with Crippen LogP contribution in [0.1, 0.15) is 30.5 Å². The normalized spacial score (nSPS) is 11.8. The molecule has 7 heteroatoms. The third kappa shape index (κ3) is 8.31. The summed E-state index contributed by atoms with van der Waals surface area (Å²) in [6.07, 6.45) is 0.408. The van der Waals surface area contributed by atoms with Crippen molar-refractivity contribution in [1.82, 2.24) is 10.2 Å². The van der Waals surface area contributed by atoms with Gasteiger partial charge in [0.2, 0.25) is 11.8 Å². The zero-order valence-corrected chi connectivity index (χ0v) is 22.2. The minimum atomic E-state index is -0.676. The molecule has 0 aliphatic carbocycles. The van der Waals surface area contributed by atoms with Crippen molar-refractivity contribution in [3.63, 3.8) is 0 Å². The van der Waals surface area contributed by atoms with Gasteiger partial charge >= 0.3 is 0 Å². The van der Waals surface area contributed by atoms with Crippen LogP contribution in [0.2, 0.25) is 10.0 Å². The van der Waals surface area contributed by atoms with E-state index in [0.717, 1.165) is 16.7 Å². The van der Waals surface area contributed by atoms with Crippen LogP contribution >= 0.6 is 35.0 Å². The van der Waals surface area contributed by atoms with E-state index in [0.29, 0.717) is 22.2 Å². The Morgan fingerprint density at radius 1 is 0.857 bits per heavy atom. The van der Waals surface area contributed by atoms with Gasteiger partial charge in [-0.25, -0.2) is 0 Å². The molecule has 0 saturated carbocycles. The highest BCUT2D eigenvalue weighted by atomic mass is 35.5. The molecule has 0 radical (unpaired) electrons. The van der Waals surface area contributed by atoms with E-state index in [1.807, 2.05) is 86.6 Å². The van der Waals surface area contributed by atoms with Crippen LogP contribution in [-0.4, -0.2) is 34.6 Å². The number of nitrogens with zero attached hydrogens (tertiary/aromatic N) is 1. The summed E-state index contributed by atoms with van der Waals surface area (Å²) in [7, 11) is 0. The summed E-state index contributed by atoms with van der Waals surface area (Å²) in [5.74, 6) is 0.519. The number of benzene rings is 3. The monoisotopic (exact) mass is 528 g/mol. The van der Waals surface area contributed by atoms with Gasteiger partial charge in [-0.05, 0) is 42.7 Å². The second-order valence-corrected chi connectivity index (χ2v) is 10.4. The first kappa shape index (κ1) is 27.1. The number of carbonyl (C=O) groups excluding carboxylic acids is 2. The Hall–Kier alpha value is -2.47. The molecule has 2 amide bonds. The first-order chi connectivity index (χ1) is 16.8. The molecule has 184 valence electrons. The summed E-state index contributed by atoms with van der Waals surface area (Å²) in [5.41, 5.74) is 2.76. The smallest absolute Gasteiger partial charge is 0.243 e. The summed E-state index contributed by atoms with van der Waals surface area (Å²) in [4.78, 5) is 28.6. The van der Waals surface area contributed by atoms with Crippen LogP contribution in [0, 0.1) is 0 Å². The molecule has 1 N–H and O–H groups in total. The standard InChI is InChI=1S/C28H30Cl2N2O2S/c1-20(2)31-28(34)26(16-21-10-4-3-5-11-21)32(17-22-12-6-8-14-24(22)29)27(33)19-35-18-23-13-7-9-15-25(23)30/h3-15,20,26H,16-19H2,1-2H3,(H,31,34)/t26-/m1/s1. The van der Waals surface area contributed by atoms with E-state index in [9.17, 15) is 9.59 Å². The molecule has 3 rings (SSSR count). The minimum absolute atomic E-state index is 0.0485. The van der Waals surface area contributed by atoms with Crippen LogP contribution in [0.25, 0.3) is 0 Å². The Morgan fingerprint density at radius 3 is 2.03 bits per heavy atom. The Balaban J connectivity index is 1.86. The molecule has 0 aliphatic heterocycles. The fourth-order valence-corrected chi connectivity index (χ4v) is 5.08. The van der Waals surface area contributed by atoms with Gasteiger partial charge in [-0.15, -0.1) is 11.8 Å². The van der Waals surface area contributed by atoms with E-state index in [4.69, 9.17) is 23.2 Å². The third-order valence-corrected chi connectivity index (χ3v) is 7.15. The number of hydrogen-bond acceptors (Lipinski definition) is 3. The lowest BCUT2D eigenvalue weighted by atomic mass is 10.0. The lowest BCUT2D eigenvalue weighted by Gasteiger charge is -2.32. The van der Waals surface area contributed by atoms with Crippen molar-refractivity contribution in [3.05, 3.63) is 106 Å². The van der Waals surface area contributed by atoms with E-state index in [1.54, 1.807) is 11.0 Å². The number of amides is 2. The Bertz CT molecular complexity index is 1120. The van der Waals surface area contributed by atoms with E-state index in [1.165, 1.54) is 11.8 Å². The fourth-order valence-electron chi connectivity index (χ4n) is 3.69. The number of thioether (sulfide) groups is 1. The predicted octanol–water partition coefficient (Wildman–Crippen LogP) is 6.39. The van der Waals surface area contributed by atoms with Crippen LogP contribution in [0.5, 0.6) is 0 Å². The fraction of sp³-hybridized carbons (Fsp3) is 0.286. The maximum absolute atomic E-state index is 13.6. The van der Waals surface area contributed by atoms with Gasteiger partial charge in [-0.1, -0.05) is 89.9 Å². The Morgan fingerprint density at radius 2 is 1.43 bits per heavy atom. The lowest BCUT2D eigenvalue weighted by molar-refractivity contribution is -0.139. The van der Waals surface area contributed by atoms with Crippen LogP contribution < -0.4 is 5.32 Å². The van der Waals surface area contributed by atoms with Crippen LogP contribution in [0.3, 0.4) is 0 Å². The molecule has 0 unspecified atom stereocenters. The van der Waals surface area contributed by atoms with Crippen LogP contribution in [0.15, 0.2) is 78.9 Å². The zero-order valence-electron chi connectivity index (χ0n) is 19.9. The van der Waals surface area contributed by atoms with E-state index in [2.05, 4.69) is 5.32 Å². The highest BCUT2D eigenvalue weighted by Crippen LogP contribution is 2.24. The summed E-state index contributed by atoms with van der Waals surface area (Å²) in [6, 6.07) is 24.1. The molecule has 3 aromatic carbocycles. The predicted molar refractivity (Wildman–Crippen MR) is 147 cm³/mol. The summed E-state index contributed by atoms with van der Waals surface area (Å²) >= 11 is 14.2. The molecule has 4 nitrogen and oxygen atoms in total. The molecule has 35 heavy (non-hydrogen) atoms. The van der Waals surface area contributed by atoms with Gasteiger partial charge < -0.3 is 10.2 Å². The van der Waals surface area contributed by atoms with Crippen LogP contribution in [-0.2, 0) is 28.3 Å². The maximum atomic E-state index is 13.6. The quantitative estimate of drug-likeness (QED) is 0.313. The SMILES string of the molecule is CC(C)NC(=O)[C@@H](Cc1ccccc1)N(Cc1ccccc1Cl)C(=O)CSCc1ccccc1Cl. The average molecular weight is 530 g/mol. The molecule has 0 saturated heterocycles. The third-order valence-electron chi connectivity index (χ3n) is 5.44. The summed E-state index contributed by atoms with van der Waals surface area (Å²) in [6.45, 7) is 4.07. The van der Waals surface area contributed by atoms with Crippen molar-refractivity contribution in [1.29, 1.82) is 0 Å². The van der Waals surface area contributed by atoms with Gasteiger partial charge in [-0.2, -0.15) is 0 Å². The van der Waals surface area contributed by atoms with Crippen LogP contribution in [0.4, 0.5) is 0 Å². The molecule has 0 heterocycles. The van der Waals surface area contributed by atoms with E-state index >= 15 is 0 Å². The number of halogens is 2. The number of carbonyl (C=O) groups is 2. The van der Waals surface area contributed by atoms with Gasteiger partial charge in [-0.3, -0.25) is 9.59 Å². The number of hydrogen-bond donors (Lipinski definition) is 1. The van der Waals surface area contributed by atoms with Crippen molar-refractivity contribution in [2.45, 2.75) is 44.6 Å². The molecular weight excluding hydrogens is 499 g/mol. The summed E-state index contributed by atoms with van der Waals surface area (Å²) in [5, 5.41) is 4.24. The number of rotatable bonds is 11. The van der Waals surface area contributed by atoms with Gasteiger partial charge in [0.1, 0.15) is 6.04 Å². The topological polar surface area (TPSA) is 49.4 Å². The van der Waals surface area contributed by atoms with Crippen molar-refractivity contribution in [3.8, 4) is 0 Å². The molecule has 0 aromatic heterocycles. The van der Waals surface area contributed by atoms with Crippen molar-refractivity contribution in [2.75, 3.05) is 5.75 Å². The Labute approximate surface area is 222 Å². The van der Waals surface area contributed by atoms with Gasteiger partial charge in [0.15, 0.2) is 0 Å². The van der Waals surface area contributed by atoms with Gasteiger partial charge in [0.25, 0.3) is 0 Å². The number of nitrogens with one attached hydrogen (secondary N) is 1. The van der Waals surface area contributed by atoms with Crippen molar-refractivity contribution < 1.29 is 9.59 Å². The molecule has 0 fully saturated rings. The average Bonchev–Trinajstić information content (AvgIpc) is 2.83. The first-order valence-corrected chi connectivity index (χ1v) is 13.4. The molecular formula is C28H30Cl2N2O2S. The second-order valence-electron chi connectivity index (χ2n) is 8.57. The maximum Gasteiger partial charge on any atom is 0.243 e. The highest BCUT2D eigenvalue weighted by Gasteiger charge is 2.31. The highest BCUT2D eigenvalue weighted by molar-refractivity contribution is 7.99. The molecule has 1 atom stereocenters. The van der Waals surface area contributed by atoms with Gasteiger partial charge in [0, 0.05) is 34.8 Å². The summed E-state index contributed by atoms with van der Waals surface area (Å²) < 4.78 is 0. The molecule has 0 aliphatic rings. The molecule has 3 aromatic rings. The van der Waals surface area contributed by atoms with E-state index in [-0.39, 0.29) is 30.2 Å². The molecule has 0 spiro atoms.